The number of urea groups is 1. The van der Waals surface area contributed by atoms with E-state index in [0.717, 1.165) is 17.0 Å². The van der Waals surface area contributed by atoms with Gasteiger partial charge in [-0.15, -0.1) is 0 Å². The van der Waals surface area contributed by atoms with Crippen molar-refractivity contribution in [3.8, 4) is 0 Å². The van der Waals surface area contributed by atoms with Gasteiger partial charge in [-0.05, 0) is 37.3 Å². The summed E-state index contributed by atoms with van der Waals surface area (Å²) in [4.78, 5) is 42.0. The number of aromatic nitrogens is 1. The van der Waals surface area contributed by atoms with Gasteiger partial charge in [0.15, 0.2) is 5.54 Å². The fourth-order valence-corrected chi connectivity index (χ4v) is 2.81. The standard InChI is InChI=1S/C17H14ClFN4O3/c1-17(13-4-2-3-7-20-13)15(25)23(16(26)22-17)9-14(24)21-12-6-5-10(19)8-11(12)18/h2-8H,9H2,1H3,(H,21,24)(H,22,26). The van der Waals surface area contributed by atoms with Crippen molar-refractivity contribution in [2.45, 2.75) is 12.5 Å². The molecule has 2 heterocycles. The van der Waals surface area contributed by atoms with Crippen LogP contribution in [-0.2, 0) is 15.1 Å². The molecule has 0 aliphatic carbocycles. The Kier molecular flexibility index (Phi) is 4.60. The number of rotatable bonds is 4. The number of carbonyl (C=O) groups excluding carboxylic acids is 3. The summed E-state index contributed by atoms with van der Waals surface area (Å²) in [6, 6.07) is 7.75. The van der Waals surface area contributed by atoms with E-state index >= 15 is 0 Å². The smallest absolute Gasteiger partial charge is 0.323 e. The third kappa shape index (κ3) is 3.23. The first kappa shape index (κ1) is 17.8. The molecule has 134 valence electrons. The Hall–Kier alpha value is -3.00. The van der Waals surface area contributed by atoms with Gasteiger partial charge in [-0.1, -0.05) is 17.7 Å². The fourth-order valence-electron chi connectivity index (χ4n) is 2.60. The first-order valence-electron chi connectivity index (χ1n) is 7.62. The normalized spacial score (nSPS) is 19.4. The van der Waals surface area contributed by atoms with E-state index in [9.17, 15) is 18.8 Å². The summed E-state index contributed by atoms with van der Waals surface area (Å²) in [5, 5.41) is 5.01. The van der Waals surface area contributed by atoms with Crippen LogP contribution in [0.2, 0.25) is 5.02 Å². The van der Waals surface area contributed by atoms with E-state index in [-0.39, 0.29) is 10.7 Å². The van der Waals surface area contributed by atoms with Crippen LogP contribution in [0.5, 0.6) is 0 Å². The van der Waals surface area contributed by atoms with Crippen molar-refractivity contribution < 1.29 is 18.8 Å². The monoisotopic (exact) mass is 376 g/mol. The third-order valence-electron chi connectivity index (χ3n) is 3.96. The zero-order chi connectivity index (χ0) is 18.9. The van der Waals surface area contributed by atoms with Gasteiger partial charge in [0.25, 0.3) is 5.91 Å². The van der Waals surface area contributed by atoms with Gasteiger partial charge in [-0.2, -0.15) is 0 Å². The van der Waals surface area contributed by atoms with Gasteiger partial charge in [0.1, 0.15) is 12.4 Å². The maximum Gasteiger partial charge on any atom is 0.325 e. The molecule has 0 spiro atoms. The summed E-state index contributed by atoms with van der Waals surface area (Å²) in [6.07, 6.45) is 1.51. The van der Waals surface area contributed by atoms with E-state index in [1.54, 1.807) is 18.2 Å². The zero-order valence-electron chi connectivity index (χ0n) is 13.6. The molecule has 1 aliphatic rings. The van der Waals surface area contributed by atoms with Crippen LogP contribution in [-0.4, -0.2) is 34.3 Å². The highest BCUT2D eigenvalue weighted by Gasteiger charge is 2.50. The van der Waals surface area contributed by atoms with Crippen molar-refractivity contribution in [1.29, 1.82) is 0 Å². The van der Waals surface area contributed by atoms with Crippen molar-refractivity contribution in [1.82, 2.24) is 15.2 Å². The van der Waals surface area contributed by atoms with Crippen LogP contribution in [0.4, 0.5) is 14.9 Å². The highest BCUT2D eigenvalue weighted by Crippen LogP contribution is 2.27. The Morgan fingerprint density at radius 2 is 2.12 bits per heavy atom. The van der Waals surface area contributed by atoms with Crippen molar-refractivity contribution in [2.75, 3.05) is 11.9 Å². The number of benzene rings is 1. The van der Waals surface area contributed by atoms with Crippen LogP contribution in [0.15, 0.2) is 42.6 Å². The predicted molar refractivity (Wildman–Crippen MR) is 91.9 cm³/mol. The second kappa shape index (κ2) is 6.72. The molecule has 7 nitrogen and oxygen atoms in total. The second-order valence-electron chi connectivity index (χ2n) is 5.83. The molecule has 1 aromatic carbocycles. The summed E-state index contributed by atoms with van der Waals surface area (Å²) >= 11 is 5.85. The van der Waals surface area contributed by atoms with E-state index in [4.69, 9.17) is 11.6 Å². The van der Waals surface area contributed by atoms with Crippen LogP contribution in [0.25, 0.3) is 0 Å². The van der Waals surface area contributed by atoms with Crippen molar-refractivity contribution in [3.63, 3.8) is 0 Å². The van der Waals surface area contributed by atoms with Crippen molar-refractivity contribution in [3.05, 3.63) is 59.1 Å². The number of anilines is 1. The maximum absolute atomic E-state index is 13.1. The number of amides is 4. The van der Waals surface area contributed by atoms with Crippen LogP contribution >= 0.6 is 11.6 Å². The third-order valence-corrected chi connectivity index (χ3v) is 4.27. The van der Waals surface area contributed by atoms with Gasteiger partial charge < -0.3 is 10.6 Å². The Morgan fingerprint density at radius 1 is 1.35 bits per heavy atom. The van der Waals surface area contributed by atoms with Crippen molar-refractivity contribution in [2.24, 2.45) is 0 Å². The molecule has 26 heavy (non-hydrogen) atoms. The number of nitrogens with zero attached hydrogens (tertiary/aromatic N) is 2. The minimum atomic E-state index is -1.36. The number of halogens is 2. The van der Waals surface area contributed by atoms with Crippen LogP contribution in [0.1, 0.15) is 12.6 Å². The summed E-state index contributed by atoms with van der Waals surface area (Å²) in [6.45, 7) is 1.01. The first-order chi connectivity index (χ1) is 12.3. The van der Waals surface area contributed by atoms with E-state index in [1.165, 1.54) is 19.2 Å². The number of hydrogen-bond donors (Lipinski definition) is 2. The molecule has 2 N–H and O–H groups in total. The molecule has 1 saturated heterocycles. The molecule has 2 aromatic rings. The lowest BCUT2D eigenvalue weighted by molar-refractivity contribution is -0.133. The minimum absolute atomic E-state index is 0.00822. The summed E-state index contributed by atoms with van der Waals surface area (Å²) in [5.74, 6) is -1.79. The number of hydrogen-bond acceptors (Lipinski definition) is 4. The van der Waals surface area contributed by atoms with Crippen molar-refractivity contribution >= 4 is 35.1 Å². The molecule has 0 bridgehead atoms. The Labute approximate surface area is 153 Å². The number of carbonyl (C=O) groups is 3. The molecule has 0 saturated carbocycles. The Balaban J connectivity index is 1.74. The fraction of sp³-hybridized carbons (Fsp3) is 0.176. The molecule has 1 aromatic heterocycles. The average Bonchev–Trinajstić information content (AvgIpc) is 2.82. The number of imide groups is 1. The first-order valence-corrected chi connectivity index (χ1v) is 7.99. The predicted octanol–water partition coefficient (Wildman–Crippen LogP) is 2.28. The maximum atomic E-state index is 13.1. The van der Waals surface area contributed by atoms with Crippen LogP contribution in [0, 0.1) is 5.82 Å². The van der Waals surface area contributed by atoms with Gasteiger partial charge in [0.05, 0.1) is 16.4 Å². The summed E-state index contributed by atoms with van der Waals surface area (Å²) in [7, 11) is 0. The lowest BCUT2D eigenvalue weighted by atomic mass is 9.97. The van der Waals surface area contributed by atoms with Crippen LogP contribution < -0.4 is 10.6 Å². The largest absolute Gasteiger partial charge is 0.325 e. The van der Waals surface area contributed by atoms with E-state index in [2.05, 4.69) is 15.6 Å². The lowest BCUT2D eigenvalue weighted by Crippen LogP contribution is -2.42. The van der Waals surface area contributed by atoms with Gasteiger partial charge in [-0.25, -0.2) is 9.18 Å². The van der Waals surface area contributed by atoms with Gasteiger partial charge in [-0.3, -0.25) is 19.5 Å². The zero-order valence-corrected chi connectivity index (χ0v) is 14.4. The molecule has 1 atom stereocenters. The molecule has 4 amide bonds. The van der Waals surface area contributed by atoms with Crippen LogP contribution in [0.3, 0.4) is 0 Å². The SMILES string of the molecule is CC1(c2ccccn2)NC(=O)N(CC(=O)Nc2ccc(F)cc2Cl)C1=O. The molecule has 1 fully saturated rings. The topological polar surface area (TPSA) is 91.4 Å². The molecule has 3 rings (SSSR count). The van der Waals surface area contributed by atoms with Gasteiger partial charge in [0.2, 0.25) is 5.91 Å². The lowest BCUT2D eigenvalue weighted by Gasteiger charge is -2.20. The molecular weight excluding hydrogens is 363 g/mol. The molecule has 9 heteroatoms. The van der Waals surface area contributed by atoms with Gasteiger partial charge >= 0.3 is 6.03 Å². The highest BCUT2D eigenvalue weighted by atomic mass is 35.5. The number of pyridine rings is 1. The Morgan fingerprint density at radius 3 is 2.77 bits per heavy atom. The van der Waals surface area contributed by atoms with E-state index in [1.807, 2.05) is 0 Å². The molecule has 1 aliphatic heterocycles. The quantitative estimate of drug-likeness (QED) is 0.801. The average molecular weight is 377 g/mol. The number of nitrogens with one attached hydrogen (secondary N) is 2. The second-order valence-corrected chi connectivity index (χ2v) is 6.24. The summed E-state index contributed by atoms with van der Waals surface area (Å²) < 4.78 is 13.1. The van der Waals surface area contributed by atoms with E-state index < -0.39 is 35.7 Å². The van der Waals surface area contributed by atoms with Gasteiger partial charge in [0, 0.05) is 6.20 Å². The Bertz CT molecular complexity index is 893. The summed E-state index contributed by atoms with van der Waals surface area (Å²) in [5.41, 5.74) is -0.813. The van der Waals surface area contributed by atoms with E-state index in [0.29, 0.717) is 5.69 Å². The minimum Gasteiger partial charge on any atom is -0.323 e. The molecule has 0 radical (unpaired) electrons. The molecule has 1 unspecified atom stereocenters. The molecular formula is C17H14ClFN4O3. The highest BCUT2D eigenvalue weighted by molar-refractivity contribution is 6.33.